The van der Waals surface area contributed by atoms with Crippen molar-refractivity contribution in [2.75, 3.05) is 7.11 Å². The van der Waals surface area contributed by atoms with E-state index in [4.69, 9.17) is 0 Å². The first-order valence-corrected chi connectivity index (χ1v) is 12.8. The minimum absolute atomic E-state index is 0.00334. The number of phenolic OH excluding ortho intramolecular Hbond substituents is 2. The summed E-state index contributed by atoms with van der Waals surface area (Å²) in [4.78, 5) is 37.1. The number of halogens is 6. The highest BCUT2D eigenvalue weighted by Crippen LogP contribution is 2.33. The molecule has 0 aromatic heterocycles. The first-order valence-electron chi connectivity index (χ1n) is 12.8. The molecule has 0 aliphatic rings. The molecule has 0 saturated heterocycles. The Morgan fingerprint density at radius 3 is 1.44 bits per heavy atom. The average Bonchev–Trinajstić information content (AvgIpc) is 2.94. The van der Waals surface area contributed by atoms with Gasteiger partial charge >= 0.3 is 18.7 Å². The van der Waals surface area contributed by atoms with E-state index in [1.807, 2.05) is 27.7 Å². The molecule has 0 heterocycles. The van der Waals surface area contributed by atoms with Crippen LogP contribution in [0.25, 0.3) is 12.2 Å². The Morgan fingerprint density at radius 1 is 0.744 bits per heavy atom. The number of esters is 1. The van der Waals surface area contributed by atoms with Crippen LogP contribution in [-0.2, 0) is 19.1 Å². The maximum atomic E-state index is 12.8. The second-order valence-corrected chi connectivity index (χ2v) is 7.69. The van der Waals surface area contributed by atoms with Crippen molar-refractivity contribution in [3.8, 4) is 23.0 Å². The standard InChI is InChI=1S/C25H20F6O8.2C2H6/c1-37-23(36)11-6-16(17(32)7-2-14-4-9-19(34)21(12-14)38-24(26,27)28)18(33)8-3-15-5-10-20(35)22(13-15)39-25(29,30)31;2*1-2/h2-5,7-10,12-13,16,34-35H,6,11H2,1H3;2*1-2H3/b7-2+,8-3+;;. The van der Waals surface area contributed by atoms with E-state index in [9.17, 15) is 50.9 Å². The molecular formula is C29H32F6O8. The highest BCUT2D eigenvalue weighted by Gasteiger charge is 2.33. The molecule has 2 N–H and O–H groups in total. The van der Waals surface area contributed by atoms with E-state index in [0.29, 0.717) is 0 Å². The normalized spacial score (nSPS) is 11.3. The summed E-state index contributed by atoms with van der Waals surface area (Å²) in [5.74, 6) is -7.41. The number of rotatable bonds is 11. The molecule has 2 aromatic carbocycles. The van der Waals surface area contributed by atoms with E-state index in [1.165, 1.54) is 12.1 Å². The van der Waals surface area contributed by atoms with Crippen LogP contribution in [0, 0.1) is 5.92 Å². The van der Waals surface area contributed by atoms with Crippen molar-refractivity contribution in [1.29, 1.82) is 0 Å². The monoisotopic (exact) mass is 622 g/mol. The lowest BCUT2D eigenvalue weighted by atomic mass is 9.92. The summed E-state index contributed by atoms with van der Waals surface area (Å²) in [6.45, 7) is 8.00. The number of methoxy groups -OCH3 is 1. The molecule has 2 rings (SSSR count). The van der Waals surface area contributed by atoms with Crippen molar-refractivity contribution >= 4 is 29.7 Å². The summed E-state index contributed by atoms with van der Waals surface area (Å²) in [5, 5.41) is 19.1. The number of allylic oxidation sites excluding steroid dienone is 2. The molecule has 43 heavy (non-hydrogen) atoms. The number of hydrogen-bond donors (Lipinski definition) is 2. The fourth-order valence-corrected chi connectivity index (χ4v) is 3.06. The molecular weight excluding hydrogens is 590 g/mol. The minimum atomic E-state index is -5.09. The minimum Gasteiger partial charge on any atom is -0.504 e. The van der Waals surface area contributed by atoms with Gasteiger partial charge in [-0.1, -0.05) is 52.0 Å². The zero-order valence-corrected chi connectivity index (χ0v) is 23.9. The van der Waals surface area contributed by atoms with Crippen LogP contribution >= 0.6 is 0 Å². The molecule has 0 unspecified atom stereocenters. The third-order valence-corrected chi connectivity index (χ3v) is 4.85. The fraction of sp³-hybridized carbons (Fsp3) is 0.345. The molecule has 0 bridgehead atoms. The van der Waals surface area contributed by atoms with Crippen LogP contribution in [0.5, 0.6) is 23.0 Å². The number of carbonyl (C=O) groups excluding carboxylic acids is 3. The van der Waals surface area contributed by atoms with E-state index in [-0.39, 0.29) is 24.0 Å². The highest BCUT2D eigenvalue weighted by molar-refractivity contribution is 6.13. The maximum absolute atomic E-state index is 12.8. The van der Waals surface area contributed by atoms with Gasteiger partial charge in [-0.2, -0.15) is 0 Å². The zero-order chi connectivity index (χ0) is 33.4. The van der Waals surface area contributed by atoms with Crippen LogP contribution in [0.4, 0.5) is 26.3 Å². The van der Waals surface area contributed by atoms with E-state index >= 15 is 0 Å². The number of aromatic hydroxyl groups is 2. The van der Waals surface area contributed by atoms with Gasteiger partial charge in [0.25, 0.3) is 0 Å². The van der Waals surface area contributed by atoms with Crippen molar-refractivity contribution < 1.29 is 65.1 Å². The summed E-state index contributed by atoms with van der Waals surface area (Å²) < 4.78 is 86.8. The Morgan fingerprint density at radius 2 is 1.12 bits per heavy atom. The summed E-state index contributed by atoms with van der Waals surface area (Å²) in [6.07, 6.45) is -7.03. The molecule has 14 heteroatoms. The van der Waals surface area contributed by atoms with Crippen LogP contribution in [0.3, 0.4) is 0 Å². The molecule has 0 aliphatic heterocycles. The Labute approximate surface area is 244 Å². The van der Waals surface area contributed by atoms with Crippen LogP contribution in [0.1, 0.15) is 51.7 Å². The molecule has 0 amide bonds. The number of ether oxygens (including phenoxy) is 3. The topological polar surface area (TPSA) is 119 Å². The largest absolute Gasteiger partial charge is 0.573 e. The molecule has 238 valence electrons. The summed E-state index contributed by atoms with van der Waals surface area (Å²) in [7, 11) is 1.08. The van der Waals surface area contributed by atoms with Crippen LogP contribution in [-0.4, -0.2) is 47.6 Å². The van der Waals surface area contributed by atoms with Crippen molar-refractivity contribution in [2.24, 2.45) is 5.92 Å². The van der Waals surface area contributed by atoms with Gasteiger partial charge in [0, 0.05) is 6.42 Å². The summed E-state index contributed by atoms with van der Waals surface area (Å²) >= 11 is 0. The Hall–Kier alpha value is -4.49. The number of benzene rings is 2. The third-order valence-electron chi connectivity index (χ3n) is 4.85. The fourth-order valence-electron chi connectivity index (χ4n) is 3.06. The predicted molar refractivity (Wildman–Crippen MR) is 145 cm³/mol. The van der Waals surface area contributed by atoms with Gasteiger partial charge in [-0.25, -0.2) is 0 Å². The number of alkyl halides is 6. The van der Waals surface area contributed by atoms with Crippen molar-refractivity contribution in [3.63, 3.8) is 0 Å². The molecule has 0 radical (unpaired) electrons. The van der Waals surface area contributed by atoms with Gasteiger partial charge in [0.2, 0.25) is 0 Å². The van der Waals surface area contributed by atoms with Crippen molar-refractivity contribution in [2.45, 2.75) is 53.3 Å². The first-order chi connectivity index (χ1) is 20.1. The third kappa shape index (κ3) is 14.8. The average molecular weight is 623 g/mol. The lowest BCUT2D eigenvalue weighted by Crippen LogP contribution is -2.22. The van der Waals surface area contributed by atoms with Crippen LogP contribution < -0.4 is 9.47 Å². The van der Waals surface area contributed by atoms with E-state index < -0.39 is 59.2 Å². The number of carbonyl (C=O) groups is 3. The highest BCUT2D eigenvalue weighted by atomic mass is 19.4. The molecule has 2 aromatic rings. The number of phenols is 2. The SMILES string of the molecule is CC.CC.COC(=O)CCC(C(=O)/C=C/c1ccc(O)c(OC(F)(F)F)c1)C(=O)/C=C/c1ccc(O)c(OC(F)(F)F)c1. The molecule has 0 aliphatic carbocycles. The molecule has 8 nitrogen and oxygen atoms in total. The second-order valence-electron chi connectivity index (χ2n) is 7.69. The van der Waals surface area contributed by atoms with E-state index in [2.05, 4.69) is 14.2 Å². The van der Waals surface area contributed by atoms with Crippen LogP contribution in [0.15, 0.2) is 48.6 Å². The maximum Gasteiger partial charge on any atom is 0.573 e. The van der Waals surface area contributed by atoms with Crippen molar-refractivity contribution in [3.05, 3.63) is 59.7 Å². The van der Waals surface area contributed by atoms with Gasteiger partial charge < -0.3 is 24.4 Å². The van der Waals surface area contributed by atoms with E-state index in [1.54, 1.807) is 0 Å². The quantitative estimate of drug-likeness (QED) is 0.115. The molecule has 0 saturated carbocycles. The number of hydrogen-bond acceptors (Lipinski definition) is 8. The Balaban J connectivity index is 0.00000422. The van der Waals surface area contributed by atoms with Crippen molar-refractivity contribution in [1.82, 2.24) is 0 Å². The zero-order valence-electron chi connectivity index (χ0n) is 23.9. The van der Waals surface area contributed by atoms with Gasteiger partial charge in [-0.05, 0) is 54.0 Å². The molecule has 0 spiro atoms. The lowest BCUT2D eigenvalue weighted by Gasteiger charge is -2.12. The molecule has 0 atom stereocenters. The first kappa shape index (κ1) is 38.5. The summed E-state index contributed by atoms with van der Waals surface area (Å²) in [6, 6.07) is 5.70. The smallest absolute Gasteiger partial charge is 0.504 e. The van der Waals surface area contributed by atoms with Gasteiger partial charge in [0.05, 0.1) is 13.0 Å². The van der Waals surface area contributed by atoms with Gasteiger partial charge in [-0.3, -0.25) is 14.4 Å². The molecule has 0 fully saturated rings. The summed E-state index contributed by atoms with van der Waals surface area (Å²) in [5.41, 5.74) is -0.00667. The second kappa shape index (κ2) is 18.1. The number of ketones is 2. The lowest BCUT2D eigenvalue weighted by molar-refractivity contribution is -0.276. The van der Waals surface area contributed by atoms with Gasteiger partial charge in [0.1, 0.15) is 0 Å². The van der Waals surface area contributed by atoms with Gasteiger partial charge in [-0.15, -0.1) is 26.3 Å². The van der Waals surface area contributed by atoms with E-state index in [0.717, 1.165) is 55.7 Å². The van der Waals surface area contributed by atoms with Gasteiger partial charge in [0.15, 0.2) is 34.6 Å². The Bertz CT molecular complexity index is 1180. The van der Waals surface area contributed by atoms with Crippen LogP contribution in [0.2, 0.25) is 0 Å². The predicted octanol–water partition coefficient (Wildman–Crippen LogP) is 7.38. The Kier molecular flexibility index (Phi) is 16.2.